The van der Waals surface area contributed by atoms with Gasteiger partial charge in [0.05, 0.1) is 5.56 Å². The summed E-state index contributed by atoms with van der Waals surface area (Å²) < 4.78 is 43.7. The van der Waals surface area contributed by atoms with Gasteiger partial charge in [0.25, 0.3) is 6.79 Å². The summed E-state index contributed by atoms with van der Waals surface area (Å²) in [6.45, 7) is 4.76. The lowest BCUT2D eigenvalue weighted by molar-refractivity contribution is -0.355. The maximum absolute atomic E-state index is 11.8. The monoisotopic (exact) mass is 205 g/mol. The zero-order chi connectivity index (χ0) is 10.8. The number of hydrogen-bond donors (Lipinski definition) is 0. The molecule has 0 fully saturated rings. The van der Waals surface area contributed by atoms with E-state index in [1.54, 1.807) is 6.92 Å². The first kappa shape index (κ1) is 10.6. The number of carbonyl (C=O) groups excluding carboxylic acids is 1. The van der Waals surface area contributed by atoms with Crippen LogP contribution in [0.4, 0.5) is 13.2 Å². The lowest BCUT2D eigenvalue weighted by Gasteiger charge is -2.08. The minimum absolute atomic E-state index is 0.268. The second-order valence-corrected chi connectivity index (χ2v) is 2.62. The van der Waals surface area contributed by atoms with Crippen molar-refractivity contribution < 1.29 is 22.3 Å². The minimum atomic E-state index is -4.67. The predicted octanol–water partition coefficient (Wildman–Crippen LogP) is 2.97. The van der Waals surface area contributed by atoms with E-state index in [1.807, 2.05) is 0 Å². The molecule has 0 bridgehead atoms. The fourth-order valence-electron chi connectivity index (χ4n) is 0.981. The normalized spacial score (nSPS) is 11.1. The topological polar surface area (TPSA) is 20.5 Å². The summed E-state index contributed by atoms with van der Waals surface area (Å²) in [7, 11) is 0. The fourth-order valence-corrected chi connectivity index (χ4v) is 0.981. The molecule has 5 heteroatoms. The molecule has 0 radical (unpaired) electrons. The van der Waals surface area contributed by atoms with Crippen LogP contribution in [0.15, 0.2) is 18.2 Å². The van der Waals surface area contributed by atoms with Crippen LogP contribution in [0.2, 0.25) is 0 Å². The summed E-state index contributed by atoms with van der Waals surface area (Å²) in [5.41, 5.74) is 0.529. The van der Waals surface area contributed by atoms with Crippen LogP contribution in [0.3, 0.4) is 0 Å². The van der Waals surface area contributed by atoms with Crippen molar-refractivity contribution in [3.8, 4) is 11.5 Å². The van der Waals surface area contributed by atoms with E-state index in [9.17, 15) is 13.2 Å². The molecule has 0 heterocycles. The quantitative estimate of drug-likeness (QED) is 0.680. The molecule has 0 spiro atoms. The van der Waals surface area contributed by atoms with Gasteiger partial charge in [-0.3, -0.25) is 0 Å². The van der Waals surface area contributed by atoms with Crippen LogP contribution in [0.5, 0.6) is 11.5 Å². The van der Waals surface area contributed by atoms with E-state index in [1.165, 1.54) is 18.2 Å². The number of rotatable bonds is 2. The van der Waals surface area contributed by atoms with Crippen LogP contribution in [-0.4, -0.2) is 13.2 Å². The van der Waals surface area contributed by atoms with E-state index in [4.69, 9.17) is 0 Å². The van der Waals surface area contributed by atoms with Gasteiger partial charge in [-0.15, -0.1) is 13.2 Å². The summed E-state index contributed by atoms with van der Waals surface area (Å²) >= 11 is 0. The van der Waals surface area contributed by atoms with Gasteiger partial charge in [-0.05, 0) is 19.1 Å². The molecule has 0 saturated carbocycles. The second-order valence-electron chi connectivity index (χ2n) is 2.62. The highest BCUT2D eigenvalue weighted by molar-refractivity contribution is 5.38. The number of alkyl halides is 3. The van der Waals surface area contributed by atoms with Crippen LogP contribution in [0.1, 0.15) is 5.56 Å². The van der Waals surface area contributed by atoms with Crippen molar-refractivity contribution in [2.75, 3.05) is 0 Å². The Morgan fingerprint density at radius 3 is 2.43 bits per heavy atom. The molecule has 1 aromatic rings. The van der Waals surface area contributed by atoms with E-state index in [2.05, 4.69) is 16.0 Å². The summed E-state index contributed by atoms with van der Waals surface area (Å²) in [4.78, 5) is 0. The second kappa shape index (κ2) is 3.69. The molecule has 2 nitrogen and oxygen atoms in total. The smallest absolute Gasteiger partial charge is 0.406 e. The van der Waals surface area contributed by atoms with Gasteiger partial charge < -0.3 is 4.74 Å². The first-order valence-corrected chi connectivity index (χ1v) is 3.71. The third-order valence-electron chi connectivity index (χ3n) is 1.54. The minimum Gasteiger partial charge on any atom is -0.406 e. The third kappa shape index (κ3) is 2.76. The summed E-state index contributed by atoms with van der Waals surface area (Å²) in [6, 6.07) is 3.76. The zero-order valence-corrected chi connectivity index (χ0v) is 7.39. The maximum Gasteiger partial charge on any atom is 0.573 e. The Hall–Kier alpha value is -1.52. The molecule has 0 aliphatic rings. The van der Waals surface area contributed by atoms with Gasteiger partial charge in [-0.2, -0.15) is 0 Å². The Balaban J connectivity index is 2.92. The number of hydrogen-bond acceptors (Lipinski definition) is 1. The van der Waals surface area contributed by atoms with Gasteiger partial charge in [0.15, 0.2) is 0 Å². The first-order chi connectivity index (χ1) is 6.42. The molecule has 0 aliphatic heterocycles. The Labute approximate surface area is 78.6 Å². The highest BCUT2D eigenvalue weighted by Gasteiger charge is 2.31. The standard InChI is InChI=1S/C9H8F3O2/c1-6-5-7(14-9(10,11)12)3-4-8(6)13-2/h3-5H,2H2,1H3/q+1. The Morgan fingerprint density at radius 1 is 1.36 bits per heavy atom. The molecule has 0 atom stereocenters. The summed E-state index contributed by atoms with van der Waals surface area (Å²) in [6.07, 6.45) is -4.67. The molecule has 0 saturated heterocycles. The highest BCUT2D eigenvalue weighted by Crippen LogP contribution is 2.27. The number of ether oxygens (including phenoxy) is 1. The van der Waals surface area contributed by atoms with Crippen molar-refractivity contribution in [1.29, 1.82) is 0 Å². The average Bonchev–Trinajstić information content (AvgIpc) is 2.01. The molecule has 0 aliphatic carbocycles. The van der Waals surface area contributed by atoms with Gasteiger partial charge in [0, 0.05) is 6.07 Å². The van der Waals surface area contributed by atoms with Crippen molar-refractivity contribution in [2.45, 2.75) is 13.3 Å². The zero-order valence-electron chi connectivity index (χ0n) is 7.39. The third-order valence-corrected chi connectivity index (χ3v) is 1.54. The molecule has 1 aromatic carbocycles. The fraction of sp³-hybridized carbons (Fsp3) is 0.222. The first-order valence-electron chi connectivity index (χ1n) is 3.71. The summed E-state index contributed by atoms with van der Waals surface area (Å²) in [5.74, 6) is 0.148. The van der Waals surface area contributed by atoms with E-state index in [-0.39, 0.29) is 5.75 Å². The molecular weight excluding hydrogens is 197 g/mol. The van der Waals surface area contributed by atoms with Crippen LogP contribution >= 0.6 is 0 Å². The Bertz CT molecular complexity index is 344. The van der Waals surface area contributed by atoms with Crippen molar-refractivity contribution in [3.05, 3.63) is 23.8 Å². The molecule has 76 valence electrons. The van der Waals surface area contributed by atoms with Gasteiger partial charge in [0.2, 0.25) is 0 Å². The van der Waals surface area contributed by atoms with Gasteiger partial charge in [-0.25, -0.2) is 4.42 Å². The van der Waals surface area contributed by atoms with Crippen LogP contribution in [-0.2, 0) is 4.42 Å². The molecule has 0 amide bonds. The SMILES string of the molecule is C=[O+]c1ccc(OC(F)(F)F)cc1C. The highest BCUT2D eigenvalue weighted by atomic mass is 19.4. The molecule has 14 heavy (non-hydrogen) atoms. The van der Waals surface area contributed by atoms with Gasteiger partial charge >= 0.3 is 12.1 Å². The molecule has 1 rings (SSSR count). The number of benzene rings is 1. The molecular formula is C9H8F3O2+. The number of halogens is 3. The lowest BCUT2D eigenvalue weighted by atomic mass is 10.2. The predicted molar refractivity (Wildman–Crippen MR) is 44.4 cm³/mol. The largest absolute Gasteiger partial charge is 0.573 e. The lowest BCUT2D eigenvalue weighted by Crippen LogP contribution is -2.17. The van der Waals surface area contributed by atoms with Crippen molar-refractivity contribution in [3.63, 3.8) is 0 Å². The van der Waals surface area contributed by atoms with Gasteiger partial charge in [0.1, 0.15) is 5.75 Å². The van der Waals surface area contributed by atoms with Crippen molar-refractivity contribution in [1.82, 2.24) is 0 Å². The average molecular weight is 205 g/mol. The van der Waals surface area contributed by atoms with Crippen LogP contribution in [0.25, 0.3) is 0 Å². The maximum atomic E-state index is 11.8. The van der Waals surface area contributed by atoms with Crippen molar-refractivity contribution >= 4 is 6.79 Å². The van der Waals surface area contributed by atoms with E-state index < -0.39 is 6.36 Å². The van der Waals surface area contributed by atoms with Gasteiger partial charge in [-0.1, -0.05) is 0 Å². The van der Waals surface area contributed by atoms with E-state index in [0.717, 1.165) is 0 Å². The Kier molecular flexibility index (Phi) is 2.78. The molecule has 0 N–H and O–H groups in total. The van der Waals surface area contributed by atoms with Crippen LogP contribution < -0.4 is 4.74 Å². The van der Waals surface area contributed by atoms with E-state index >= 15 is 0 Å². The number of aryl methyl sites for hydroxylation is 1. The van der Waals surface area contributed by atoms with E-state index in [0.29, 0.717) is 11.3 Å². The molecule has 0 unspecified atom stereocenters. The Morgan fingerprint density at radius 2 is 2.00 bits per heavy atom. The molecule has 0 aromatic heterocycles. The van der Waals surface area contributed by atoms with Crippen LogP contribution in [0, 0.1) is 6.92 Å². The van der Waals surface area contributed by atoms with Crippen molar-refractivity contribution in [2.24, 2.45) is 0 Å². The summed E-state index contributed by atoms with van der Waals surface area (Å²) in [5, 5.41) is 0.